The molecule has 0 aromatic carbocycles. The van der Waals surface area contributed by atoms with Gasteiger partial charge in [-0.25, -0.2) is 4.79 Å². The zero-order chi connectivity index (χ0) is 13.5. The van der Waals surface area contributed by atoms with E-state index in [0.29, 0.717) is 25.3 Å². The summed E-state index contributed by atoms with van der Waals surface area (Å²) in [5.41, 5.74) is 0. The van der Waals surface area contributed by atoms with Crippen LogP contribution in [-0.2, 0) is 11.3 Å². The molecule has 0 aliphatic carbocycles. The molecule has 0 radical (unpaired) electrons. The van der Waals surface area contributed by atoms with Crippen molar-refractivity contribution in [2.45, 2.75) is 19.9 Å². The minimum absolute atomic E-state index is 0.283. The van der Waals surface area contributed by atoms with Crippen LogP contribution in [0.4, 0.5) is 4.79 Å². The van der Waals surface area contributed by atoms with E-state index in [1.807, 2.05) is 6.92 Å². The number of aliphatic carboxylic acids is 1. The Morgan fingerprint density at radius 2 is 2.17 bits per heavy atom. The van der Waals surface area contributed by atoms with Crippen LogP contribution in [0.25, 0.3) is 0 Å². The molecule has 0 spiro atoms. The van der Waals surface area contributed by atoms with Crippen LogP contribution in [0.2, 0.25) is 0 Å². The second-order valence-corrected chi connectivity index (χ2v) is 4.03. The Labute approximate surface area is 106 Å². The van der Waals surface area contributed by atoms with Crippen LogP contribution in [0.15, 0.2) is 22.8 Å². The number of nitrogens with zero attached hydrogens (tertiary/aromatic N) is 2. The van der Waals surface area contributed by atoms with Crippen molar-refractivity contribution in [2.75, 3.05) is 20.1 Å². The quantitative estimate of drug-likeness (QED) is 0.837. The van der Waals surface area contributed by atoms with Gasteiger partial charge < -0.3 is 19.3 Å². The van der Waals surface area contributed by atoms with Crippen molar-refractivity contribution < 1.29 is 19.1 Å². The molecule has 0 fully saturated rings. The van der Waals surface area contributed by atoms with Gasteiger partial charge in [0.2, 0.25) is 0 Å². The lowest BCUT2D eigenvalue weighted by atomic mass is 10.4. The maximum Gasteiger partial charge on any atom is 0.323 e. The number of hydrogen-bond acceptors (Lipinski definition) is 3. The third-order valence-corrected chi connectivity index (χ3v) is 2.39. The first-order valence-electron chi connectivity index (χ1n) is 5.78. The number of urea groups is 1. The van der Waals surface area contributed by atoms with Crippen LogP contribution >= 0.6 is 0 Å². The molecule has 1 aromatic heterocycles. The molecule has 6 heteroatoms. The van der Waals surface area contributed by atoms with Gasteiger partial charge in [0, 0.05) is 13.6 Å². The summed E-state index contributed by atoms with van der Waals surface area (Å²) in [6.45, 7) is 2.36. The minimum atomic E-state index is -1.01. The van der Waals surface area contributed by atoms with Gasteiger partial charge in [0.15, 0.2) is 0 Å². The predicted molar refractivity (Wildman–Crippen MR) is 65.1 cm³/mol. The number of amides is 2. The van der Waals surface area contributed by atoms with Crippen LogP contribution in [0.3, 0.4) is 0 Å². The summed E-state index contributed by atoms with van der Waals surface area (Å²) >= 11 is 0. The molecule has 18 heavy (non-hydrogen) atoms. The maximum atomic E-state index is 12.0. The van der Waals surface area contributed by atoms with Gasteiger partial charge in [-0.05, 0) is 18.6 Å². The zero-order valence-electron chi connectivity index (χ0n) is 10.6. The van der Waals surface area contributed by atoms with Crippen LogP contribution in [0, 0.1) is 0 Å². The van der Waals surface area contributed by atoms with Crippen molar-refractivity contribution in [3.8, 4) is 0 Å². The van der Waals surface area contributed by atoms with Crippen molar-refractivity contribution >= 4 is 12.0 Å². The van der Waals surface area contributed by atoms with Gasteiger partial charge in [-0.2, -0.15) is 0 Å². The predicted octanol–water partition coefficient (Wildman–Crippen LogP) is 1.63. The standard InChI is InChI=1S/C12H18N2O4/c1-3-6-14(9-11(15)16)12(17)13(2)8-10-5-4-7-18-10/h4-5,7H,3,6,8-9H2,1-2H3,(H,15,16). The number of hydrogen-bond donors (Lipinski definition) is 1. The van der Waals surface area contributed by atoms with Crippen molar-refractivity contribution in [1.29, 1.82) is 0 Å². The number of furan rings is 1. The van der Waals surface area contributed by atoms with E-state index >= 15 is 0 Å². The lowest BCUT2D eigenvalue weighted by Gasteiger charge is -2.26. The van der Waals surface area contributed by atoms with Gasteiger partial charge in [-0.15, -0.1) is 0 Å². The average Bonchev–Trinajstić information content (AvgIpc) is 2.79. The molecule has 0 aliphatic rings. The molecule has 6 nitrogen and oxygen atoms in total. The number of rotatable bonds is 6. The Balaban J connectivity index is 2.60. The van der Waals surface area contributed by atoms with Gasteiger partial charge in [-0.1, -0.05) is 6.92 Å². The van der Waals surface area contributed by atoms with E-state index < -0.39 is 5.97 Å². The van der Waals surface area contributed by atoms with Gasteiger partial charge in [0.05, 0.1) is 12.8 Å². The maximum absolute atomic E-state index is 12.0. The highest BCUT2D eigenvalue weighted by atomic mass is 16.4. The van der Waals surface area contributed by atoms with Crippen molar-refractivity contribution in [3.63, 3.8) is 0 Å². The second kappa shape index (κ2) is 6.68. The molecule has 0 saturated heterocycles. The fourth-order valence-corrected chi connectivity index (χ4v) is 1.62. The Hall–Kier alpha value is -1.98. The second-order valence-electron chi connectivity index (χ2n) is 4.03. The summed E-state index contributed by atoms with van der Waals surface area (Å²) in [6.07, 6.45) is 2.25. The van der Waals surface area contributed by atoms with Crippen molar-refractivity contribution in [3.05, 3.63) is 24.2 Å². The molecule has 0 saturated carbocycles. The minimum Gasteiger partial charge on any atom is -0.480 e. The van der Waals surface area contributed by atoms with Crippen LogP contribution < -0.4 is 0 Å². The smallest absolute Gasteiger partial charge is 0.323 e. The molecule has 1 aromatic rings. The van der Waals surface area contributed by atoms with E-state index in [9.17, 15) is 9.59 Å². The van der Waals surface area contributed by atoms with Crippen LogP contribution in [0.1, 0.15) is 19.1 Å². The summed E-state index contributed by atoms with van der Waals surface area (Å²) in [4.78, 5) is 25.5. The van der Waals surface area contributed by atoms with Gasteiger partial charge >= 0.3 is 12.0 Å². The van der Waals surface area contributed by atoms with Gasteiger partial charge in [0.1, 0.15) is 12.3 Å². The van der Waals surface area contributed by atoms with Crippen molar-refractivity contribution in [1.82, 2.24) is 9.80 Å². The van der Waals surface area contributed by atoms with Crippen molar-refractivity contribution in [2.24, 2.45) is 0 Å². The summed E-state index contributed by atoms with van der Waals surface area (Å²) in [5.74, 6) is -0.346. The molecular weight excluding hydrogens is 236 g/mol. The summed E-state index contributed by atoms with van der Waals surface area (Å²) in [6, 6.07) is 3.20. The van der Waals surface area contributed by atoms with Crippen LogP contribution in [-0.4, -0.2) is 47.0 Å². The average molecular weight is 254 g/mol. The molecule has 0 bridgehead atoms. The Morgan fingerprint density at radius 3 is 2.67 bits per heavy atom. The summed E-state index contributed by atoms with van der Waals surface area (Å²) in [7, 11) is 1.62. The molecule has 1 heterocycles. The first-order chi connectivity index (χ1) is 8.54. The third-order valence-electron chi connectivity index (χ3n) is 2.39. The van der Waals surface area contributed by atoms with E-state index in [1.165, 1.54) is 16.1 Å². The summed E-state index contributed by atoms with van der Waals surface area (Å²) < 4.78 is 5.15. The normalized spacial score (nSPS) is 10.1. The van der Waals surface area contributed by atoms with E-state index in [2.05, 4.69) is 0 Å². The number of carbonyl (C=O) groups is 2. The molecule has 0 aliphatic heterocycles. The summed E-state index contributed by atoms with van der Waals surface area (Å²) in [5, 5.41) is 8.77. The highest BCUT2D eigenvalue weighted by molar-refractivity contribution is 5.79. The van der Waals surface area contributed by atoms with E-state index in [1.54, 1.807) is 19.2 Å². The Kier molecular flexibility index (Phi) is 5.23. The Bertz CT molecular complexity index is 389. The largest absolute Gasteiger partial charge is 0.480 e. The molecule has 0 unspecified atom stereocenters. The fraction of sp³-hybridized carbons (Fsp3) is 0.500. The number of carboxylic acids is 1. The van der Waals surface area contributed by atoms with E-state index in [-0.39, 0.29) is 12.6 Å². The number of carbonyl (C=O) groups excluding carboxylic acids is 1. The monoisotopic (exact) mass is 254 g/mol. The number of carboxylic acid groups (broad SMARTS) is 1. The van der Waals surface area contributed by atoms with E-state index in [0.717, 1.165) is 0 Å². The molecule has 0 atom stereocenters. The van der Waals surface area contributed by atoms with Crippen LogP contribution in [0.5, 0.6) is 0 Å². The lowest BCUT2D eigenvalue weighted by molar-refractivity contribution is -0.137. The topological polar surface area (TPSA) is 74.0 Å². The Morgan fingerprint density at radius 1 is 1.44 bits per heavy atom. The molecule has 1 N–H and O–H groups in total. The fourth-order valence-electron chi connectivity index (χ4n) is 1.62. The highest BCUT2D eigenvalue weighted by Gasteiger charge is 2.20. The highest BCUT2D eigenvalue weighted by Crippen LogP contribution is 2.06. The SMILES string of the molecule is CCCN(CC(=O)O)C(=O)N(C)Cc1ccco1. The molecule has 100 valence electrons. The molecule has 1 rings (SSSR count). The van der Waals surface area contributed by atoms with Gasteiger partial charge in [-0.3, -0.25) is 4.79 Å². The first-order valence-corrected chi connectivity index (χ1v) is 5.78. The molecule has 2 amide bonds. The first kappa shape index (κ1) is 14.1. The van der Waals surface area contributed by atoms with Gasteiger partial charge in [0.25, 0.3) is 0 Å². The van der Waals surface area contributed by atoms with E-state index in [4.69, 9.17) is 9.52 Å². The molecular formula is C12H18N2O4. The zero-order valence-corrected chi connectivity index (χ0v) is 10.6. The lowest BCUT2D eigenvalue weighted by Crippen LogP contribution is -2.43. The third kappa shape index (κ3) is 4.12.